The van der Waals surface area contributed by atoms with E-state index in [-0.39, 0.29) is 29.8 Å². The van der Waals surface area contributed by atoms with Gasteiger partial charge in [-0.15, -0.1) is 0 Å². The lowest BCUT2D eigenvalue weighted by Crippen LogP contribution is -2.55. The third kappa shape index (κ3) is 4.20. The molecule has 1 heterocycles. The first-order valence-corrected chi connectivity index (χ1v) is 6.90. The Balaban J connectivity index is 2.76. The molecule has 2 atom stereocenters. The molecule has 1 unspecified atom stereocenters. The number of hydrogen-bond acceptors (Lipinski definition) is 4. The smallest absolute Gasteiger partial charge is 0.307 e. The molecule has 1 saturated heterocycles. The predicted octanol–water partition coefficient (Wildman–Crippen LogP) is 1.30. The van der Waals surface area contributed by atoms with Gasteiger partial charge in [0.15, 0.2) is 0 Å². The number of piperidine rings is 1. The van der Waals surface area contributed by atoms with Crippen LogP contribution in [0, 0.1) is 5.41 Å². The fourth-order valence-electron chi connectivity index (χ4n) is 2.33. The molecule has 0 aromatic carbocycles. The van der Waals surface area contributed by atoms with Crippen molar-refractivity contribution in [1.29, 1.82) is 0 Å². The van der Waals surface area contributed by atoms with Crippen molar-refractivity contribution in [2.75, 3.05) is 13.7 Å². The molecular weight excluding hydrogens is 244 g/mol. The summed E-state index contributed by atoms with van der Waals surface area (Å²) in [6.07, 6.45) is 3.12. The van der Waals surface area contributed by atoms with Gasteiger partial charge in [0.25, 0.3) is 0 Å². The third-order valence-corrected chi connectivity index (χ3v) is 3.74. The lowest BCUT2D eigenvalue weighted by atomic mass is 9.85. The first-order valence-electron chi connectivity index (χ1n) is 6.90. The van der Waals surface area contributed by atoms with Crippen molar-refractivity contribution in [1.82, 2.24) is 4.90 Å². The van der Waals surface area contributed by atoms with Crippen LogP contribution in [0.3, 0.4) is 0 Å². The normalized spacial score (nSPS) is 21.9. The molecule has 1 aliphatic heterocycles. The van der Waals surface area contributed by atoms with Gasteiger partial charge in [-0.1, -0.05) is 20.8 Å². The van der Waals surface area contributed by atoms with E-state index < -0.39 is 6.04 Å². The molecule has 1 amide bonds. The molecule has 0 aliphatic carbocycles. The van der Waals surface area contributed by atoms with Gasteiger partial charge < -0.3 is 15.4 Å². The van der Waals surface area contributed by atoms with Gasteiger partial charge in [0.2, 0.25) is 5.91 Å². The maximum Gasteiger partial charge on any atom is 0.307 e. The van der Waals surface area contributed by atoms with Crippen molar-refractivity contribution in [3.63, 3.8) is 0 Å². The molecule has 5 heteroatoms. The van der Waals surface area contributed by atoms with Gasteiger partial charge in [0, 0.05) is 12.6 Å². The van der Waals surface area contributed by atoms with E-state index >= 15 is 0 Å². The molecule has 0 spiro atoms. The molecule has 5 nitrogen and oxygen atoms in total. The Morgan fingerprint density at radius 2 is 2.00 bits per heavy atom. The zero-order valence-electron chi connectivity index (χ0n) is 12.4. The van der Waals surface area contributed by atoms with Crippen LogP contribution >= 0.6 is 0 Å². The summed E-state index contributed by atoms with van der Waals surface area (Å²) in [6.45, 7) is 6.54. The molecule has 0 radical (unpaired) electrons. The van der Waals surface area contributed by atoms with E-state index in [2.05, 4.69) is 0 Å². The number of methoxy groups -OCH3 is 1. The molecule has 2 N–H and O–H groups in total. The monoisotopic (exact) mass is 270 g/mol. The first kappa shape index (κ1) is 16.0. The quantitative estimate of drug-likeness (QED) is 0.785. The Hall–Kier alpha value is -1.10. The zero-order chi connectivity index (χ0) is 14.6. The van der Waals surface area contributed by atoms with E-state index in [9.17, 15) is 9.59 Å². The molecule has 19 heavy (non-hydrogen) atoms. The number of nitrogens with zero attached hydrogens (tertiary/aromatic N) is 1. The van der Waals surface area contributed by atoms with Gasteiger partial charge in [0.05, 0.1) is 19.6 Å². The topological polar surface area (TPSA) is 72.6 Å². The highest BCUT2D eigenvalue weighted by molar-refractivity contribution is 5.83. The van der Waals surface area contributed by atoms with Crippen LogP contribution in [-0.4, -0.2) is 42.5 Å². The molecule has 1 rings (SSSR count). The van der Waals surface area contributed by atoms with Gasteiger partial charge >= 0.3 is 5.97 Å². The second-order valence-electron chi connectivity index (χ2n) is 6.31. The lowest BCUT2D eigenvalue weighted by Gasteiger charge is -2.39. The Kier molecular flexibility index (Phi) is 5.35. The minimum absolute atomic E-state index is 0.0545. The number of likely N-dealkylation sites (tertiary alicyclic amines) is 1. The number of ether oxygens (including phenoxy) is 1. The molecule has 0 saturated carbocycles. The summed E-state index contributed by atoms with van der Waals surface area (Å²) in [6, 6.07) is -0.604. The number of nitrogens with two attached hydrogens (primary N) is 1. The van der Waals surface area contributed by atoms with Crippen LogP contribution in [0.15, 0.2) is 0 Å². The van der Waals surface area contributed by atoms with E-state index in [1.165, 1.54) is 7.11 Å². The number of carbonyl (C=O) groups excluding carboxylic acids is 2. The maximum absolute atomic E-state index is 12.5. The summed E-state index contributed by atoms with van der Waals surface area (Å²) in [4.78, 5) is 25.7. The summed E-state index contributed by atoms with van der Waals surface area (Å²) in [7, 11) is 1.37. The van der Waals surface area contributed by atoms with Gasteiger partial charge in [-0.3, -0.25) is 9.59 Å². The third-order valence-electron chi connectivity index (χ3n) is 3.74. The number of rotatable bonds is 3. The predicted molar refractivity (Wildman–Crippen MR) is 73.4 cm³/mol. The molecule has 0 aromatic rings. The van der Waals surface area contributed by atoms with Gasteiger partial charge in [-0.25, -0.2) is 0 Å². The minimum Gasteiger partial charge on any atom is -0.469 e. The van der Waals surface area contributed by atoms with Crippen molar-refractivity contribution in [3.8, 4) is 0 Å². The number of amides is 1. The zero-order valence-corrected chi connectivity index (χ0v) is 12.4. The molecular formula is C14H26N2O3. The van der Waals surface area contributed by atoms with Crippen molar-refractivity contribution in [2.24, 2.45) is 11.1 Å². The van der Waals surface area contributed by atoms with E-state index in [0.29, 0.717) is 6.54 Å². The fraction of sp³-hybridized carbons (Fsp3) is 0.857. The molecule has 1 aliphatic rings. The average Bonchev–Trinajstić information content (AvgIpc) is 2.36. The van der Waals surface area contributed by atoms with Crippen LogP contribution in [-0.2, 0) is 14.3 Å². The second kappa shape index (κ2) is 6.37. The Morgan fingerprint density at radius 3 is 2.53 bits per heavy atom. The average molecular weight is 270 g/mol. The van der Waals surface area contributed by atoms with Crippen LogP contribution in [0.25, 0.3) is 0 Å². The number of hydrogen-bond donors (Lipinski definition) is 1. The highest BCUT2D eigenvalue weighted by Gasteiger charge is 2.36. The largest absolute Gasteiger partial charge is 0.469 e. The highest BCUT2D eigenvalue weighted by atomic mass is 16.5. The van der Waals surface area contributed by atoms with Crippen molar-refractivity contribution in [2.45, 2.75) is 58.5 Å². The summed E-state index contributed by atoms with van der Waals surface area (Å²) in [5.41, 5.74) is 5.77. The second-order valence-corrected chi connectivity index (χ2v) is 6.31. The summed E-state index contributed by atoms with van der Waals surface area (Å²) in [5, 5.41) is 0. The number of carbonyl (C=O) groups is 2. The lowest BCUT2D eigenvalue weighted by molar-refractivity contribution is -0.145. The Labute approximate surface area is 115 Å². The van der Waals surface area contributed by atoms with Crippen LogP contribution in [0.4, 0.5) is 0 Å². The SMILES string of the molecule is COC(=O)CC1CCCCN1C(=O)[C@@H](N)C(C)(C)C. The van der Waals surface area contributed by atoms with Crippen molar-refractivity contribution < 1.29 is 14.3 Å². The molecule has 1 fully saturated rings. The molecule has 0 bridgehead atoms. The standard InChI is InChI=1S/C14H26N2O3/c1-14(2,3)12(15)13(18)16-8-6-5-7-10(16)9-11(17)19-4/h10,12H,5-9,15H2,1-4H3/t10?,12-/m1/s1. The first-order chi connectivity index (χ1) is 8.77. The number of esters is 1. The van der Waals surface area contributed by atoms with Crippen molar-refractivity contribution in [3.05, 3.63) is 0 Å². The molecule has 0 aromatic heterocycles. The van der Waals surface area contributed by atoms with Crippen LogP contribution in [0.1, 0.15) is 46.5 Å². The van der Waals surface area contributed by atoms with E-state index in [1.807, 2.05) is 20.8 Å². The summed E-state index contributed by atoms with van der Waals surface area (Å²) < 4.78 is 4.70. The fourth-order valence-corrected chi connectivity index (χ4v) is 2.33. The Morgan fingerprint density at radius 1 is 1.37 bits per heavy atom. The van der Waals surface area contributed by atoms with E-state index in [0.717, 1.165) is 19.3 Å². The van der Waals surface area contributed by atoms with E-state index in [4.69, 9.17) is 10.5 Å². The minimum atomic E-state index is -0.536. The summed E-state index contributed by atoms with van der Waals surface area (Å²) in [5.74, 6) is -0.324. The van der Waals surface area contributed by atoms with Crippen LogP contribution < -0.4 is 5.73 Å². The van der Waals surface area contributed by atoms with Gasteiger partial charge in [-0.2, -0.15) is 0 Å². The highest BCUT2D eigenvalue weighted by Crippen LogP contribution is 2.25. The van der Waals surface area contributed by atoms with E-state index in [1.54, 1.807) is 4.90 Å². The van der Waals surface area contributed by atoms with Crippen LogP contribution in [0.5, 0.6) is 0 Å². The molecule has 110 valence electrons. The Bertz CT molecular complexity index is 336. The van der Waals surface area contributed by atoms with Crippen molar-refractivity contribution >= 4 is 11.9 Å². The van der Waals surface area contributed by atoms with Gasteiger partial charge in [-0.05, 0) is 24.7 Å². The van der Waals surface area contributed by atoms with Crippen LogP contribution in [0.2, 0.25) is 0 Å². The van der Waals surface area contributed by atoms with Gasteiger partial charge in [0.1, 0.15) is 0 Å². The summed E-state index contributed by atoms with van der Waals surface area (Å²) >= 11 is 0. The maximum atomic E-state index is 12.5.